The zero-order valence-electron chi connectivity index (χ0n) is 17.8. The number of furan rings is 1. The second-order valence-electron chi connectivity index (χ2n) is 8.97. The molecule has 0 aliphatic carbocycles. The van der Waals surface area contributed by atoms with Crippen LogP contribution in [0.4, 0.5) is 0 Å². The van der Waals surface area contributed by atoms with Crippen molar-refractivity contribution in [3.63, 3.8) is 0 Å². The normalized spacial score (nSPS) is 28.8. The monoisotopic (exact) mass is 394 g/mol. The van der Waals surface area contributed by atoms with Gasteiger partial charge in [-0.15, -0.1) is 0 Å². The molecule has 3 atom stereocenters. The molecule has 5 heteroatoms. The van der Waals surface area contributed by atoms with E-state index in [4.69, 9.17) is 9.15 Å². The Labute approximate surface area is 172 Å². The second kappa shape index (κ2) is 6.63. The Hall–Kier alpha value is -2.27. The van der Waals surface area contributed by atoms with Crippen LogP contribution in [0.5, 0.6) is 5.75 Å². The van der Waals surface area contributed by atoms with Gasteiger partial charge in [0, 0.05) is 18.5 Å². The number of amides is 1. The highest BCUT2D eigenvalue weighted by Gasteiger charge is 2.65. The van der Waals surface area contributed by atoms with E-state index < -0.39 is 0 Å². The molecule has 3 fully saturated rings. The highest BCUT2D eigenvalue weighted by atomic mass is 16.5. The van der Waals surface area contributed by atoms with Crippen molar-refractivity contribution in [3.05, 3.63) is 52.5 Å². The number of benzene rings is 1. The topological polar surface area (TPSA) is 45.9 Å². The van der Waals surface area contributed by atoms with Crippen LogP contribution >= 0.6 is 0 Å². The van der Waals surface area contributed by atoms with E-state index in [0.717, 1.165) is 49.6 Å². The molecule has 154 valence electrons. The van der Waals surface area contributed by atoms with E-state index in [1.807, 2.05) is 24.0 Å². The van der Waals surface area contributed by atoms with Crippen molar-refractivity contribution in [2.45, 2.75) is 58.2 Å². The molecule has 0 bridgehead atoms. The molecule has 0 unspecified atom stereocenters. The van der Waals surface area contributed by atoms with Gasteiger partial charge in [-0.3, -0.25) is 9.69 Å². The summed E-state index contributed by atoms with van der Waals surface area (Å²) in [5, 5.41) is 0. The van der Waals surface area contributed by atoms with Gasteiger partial charge in [-0.1, -0.05) is 6.07 Å². The summed E-state index contributed by atoms with van der Waals surface area (Å²) in [6.45, 7) is 8.70. The molecule has 0 saturated carbocycles. The van der Waals surface area contributed by atoms with Crippen LogP contribution in [-0.4, -0.2) is 41.4 Å². The predicted molar refractivity (Wildman–Crippen MR) is 111 cm³/mol. The van der Waals surface area contributed by atoms with Crippen molar-refractivity contribution in [1.82, 2.24) is 9.80 Å². The van der Waals surface area contributed by atoms with Crippen molar-refractivity contribution in [3.8, 4) is 5.75 Å². The summed E-state index contributed by atoms with van der Waals surface area (Å²) in [7, 11) is 1.73. The van der Waals surface area contributed by atoms with Gasteiger partial charge in [0.05, 0.1) is 13.7 Å². The van der Waals surface area contributed by atoms with Gasteiger partial charge in [0.1, 0.15) is 22.8 Å². The first-order chi connectivity index (χ1) is 14.0. The average molecular weight is 395 g/mol. The van der Waals surface area contributed by atoms with Crippen molar-refractivity contribution in [2.24, 2.45) is 5.92 Å². The van der Waals surface area contributed by atoms with Crippen molar-refractivity contribution >= 4 is 5.91 Å². The molecule has 2 aromatic rings. The van der Waals surface area contributed by atoms with E-state index in [9.17, 15) is 4.79 Å². The number of methoxy groups -OCH3 is 1. The van der Waals surface area contributed by atoms with Gasteiger partial charge in [-0.2, -0.15) is 0 Å². The Morgan fingerprint density at radius 1 is 1.17 bits per heavy atom. The summed E-state index contributed by atoms with van der Waals surface area (Å²) < 4.78 is 11.3. The van der Waals surface area contributed by atoms with E-state index in [2.05, 4.69) is 30.9 Å². The number of rotatable bonds is 4. The number of ether oxygens (including phenoxy) is 1. The summed E-state index contributed by atoms with van der Waals surface area (Å²) >= 11 is 0. The molecule has 0 N–H and O–H groups in total. The molecule has 5 nitrogen and oxygen atoms in total. The van der Waals surface area contributed by atoms with Crippen molar-refractivity contribution in [1.29, 1.82) is 0 Å². The fourth-order valence-electron chi connectivity index (χ4n) is 6.17. The SMILES string of the molecule is COc1ccc([C@@H]2C[C@H]3CN(Cc4ccc(C)o4)C(=O)[C@]34CCCN24)c(C)c1C. The summed E-state index contributed by atoms with van der Waals surface area (Å²) in [4.78, 5) is 18.2. The lowest BCUT2D eigenvalue weighted by Gasteiger charge is -2.34. The minimum atomic E-state index is -0.313. The Morgan fingerprint density at radius 3 is 2.72 bits per heavy atom. The third kappa shape index (κ3) is 2.59. The number of likely N-dealkylation sites (tertiary alicyclic amines) is 1. The summed E-state index contributed by atoms with van der Waals surface area (Å²) in [6, 6.07) is 8.59. The van der Waals surface area contributed by atoms with Gasteiger partial charge in [0.15, 0.2) is 0 Å². The van der Waals surface area contributed by atoms with Crippen LogP contribution in [0.15, 0.2) is 28.7 Å². The lowest BCUT2D eigenvalue weighted by atomic mass is 9.85. The molecule has 3 saturated heterocycles. The van der Waals surface area contributed by atoms with E-state index in [1.165, 1.54) is 16.7 Å². The maximum Gasteiger partial charge on any atom is 0.243 e. The fraction of sp³-hybridized carbons (Fsp3) is 0.542. The molecule has 0 radical (unpaired) electrons. The second-order valence-corrected chi connectivity index (χ2v) is 8.97. The lowest BCUT2D eigenvalue weighted by molar-refractivity contribution is -0.137. The van der Waals surface area contributed by atoms with Crippen LogP contribution in [0.1, 0.15) is 53.5 Å². The van der Waals surface area contributed by atoms with Gasteiger partial charge in [-0.25, -0.2) is 0 Å². The third-order valence-corrected chi connectivity index (χ3v) is 7.63. The van der Waals surface area contributed by atoms with E-state index in [1.54, 1.807) is 7.11 Å². The average Bonchev–Trinajstić information content (AvgIpc) is 3.43. The van der Waals surface area contributed by atoms with Crippen LogP contribution < -0.4 is 4.74 Å². The van der Waals surface area contributed by atoms with Gasteiger partial charge in [0.2, 0.25) is 5.91 Å². The molecule has 1 amide bonds. The number of carbonyl (C=O) groups excluding carboxylic acids is 1. The smallest absolute Gasteiger partial charge is 0.243 e. The number of nitrogens with zero attached hydrogens (tertiary/aromatic N) is 2. The van der Waals surface area contributed by atoms with Crippen molar-refractivity contribution < 1.29 is 13.9 Å². The maximum absolute atomic E-state index is 13.7. The summed E-state index contributed by atoms with van der Waals surface area (Å²) in [5.74, 6) is 3.42. The number of aryl methyl sites for hydroxylation is 1. The third-order valence-electron chi connectivity index (χ3n) is 7.63. The molecule has 29 heavy (non-hydrogen) atoms. The molecular formula is C24H30N2O3. The van der Waals surface area contributed by atoms with E-state index in [0.29, 0.717) is 24.4 Å². The number of carbonyl (C=O) groups is 1. The van der Waals surface area contributed by atoms with Gasteiger partial charge >= 0.3 is 0 Å². The summed E-state index contributed by atoms with van der Waals surface area (Å²) in [6.07, 6.45) is 3.13. The fourth-order valence-corrected chi connectivity index (χ4v) is 6.17. The highest BCUT2D eigenvalue weighted by Crippen LogP contribution is 2.56. The van der Waals surface area contributed by atoms with Gasteiger partial charge in [0.25, 0.3) is 0 Å². The predicted octanol–water partition coefficient (Wildman–Crippen LogP) is 4.15. The Morgan fingerprint density at radius 2 is 2.00 bits per heavy atom. The van der Waals surface area contributed by atoms with Crippen LogP contribution in [0.2, 0.25) is 0 Å². The van der Waals surface area contributed by atoms with Gasteiger partial charge < -0.3 is 14.1 Å². The summed E-state index contributed by atoms with van der Waals surface area (Å²) in [5.41, 5.74) is 3.55. The molecule has 3 aliphatic heterocycles. The Kier molecular flexibility index (Phi) is 4.28. The highest BCUT2D eigenvalue weighted by molar-refractivity contribution is 5.90. The van der Waals surface area contributed by atoms with Gasteiger partial charge in [-0.05, 0) is 81.5 Å². The minimum absolute atomic E-state index is 0.305. The molecule has 4 heterocycles. The first kappa shape index (κ1) is 18.7. The molecular weight excluding hydrogens is 364 g/mol. The largest absolute Gasteiger partial charge is 0.496 e. The van der Waals surface area contributed by atoms with E-state index in [-0.39, 0.29) is 5.54 Å². The Bertz CT molecular complexity index is 965. The lowest BCUT2D eigenvalue weighted by Crippen LogP contribution is -2.49. The quantitative estimate of drug-likeness (QED) is 0.781. The molecule has 1 aromatic heterocycles. The van der Waals surface area contributed by atoms with Crippen LogP contribution in [-0.2, 0) is 11.3 Å². The van der Waals surface area contributed by atoms with E-state index >= 15 is 0 Å². The standard InChI is InChI=1S/C24H30N2O3/c1-15-6-7-19(29-15)14-25-13-18-12-21(26-11-5-10-24(18,26)23(25)27)20-8-9-22(28-4)17(3)16(20)2/h6-9,18,21H,5,10-14H2,1-4H3/t18-,21-,24-/m0/s1. The molecule has 1 spiro atoms. The zero-order valence-corrected chi connectivity index (χ0v) is 17.8. The van der Waals surface area contributed by atoms with Crippen molar-refractivity contribution in [2.75, 3.05) is 20.2 Å². The number of hydrogen-bond acceptors (Lipinski definition) is 4. The first-order valence-electron chi connectivity index (χ1n) is 10.7. The molecule has 3 aliphatic rings. The van der Waals surface area contributed by atoms with Crippen LogP contribution in [0.3, 0.4) is 0 Å². The maximum atomic E-state index is 13.7. The minimum Gasteiger partial charge on any atom is -0.496 e. The van der Waals surface area contributed by atoms with Crippen LogP contribution in [0, 0.1) is 26.7 Å². The molecule has 5 rings (SSSR count). The molecule has 1 aromatic carbocycles. The Balaban J connectivity index is 1.45. The number of hydrogen-bond donors (Lipinski definition) is 0. The van der Waals surface area contributed by atoms with Crippen LogP contribution in [0.25, 0.3) is 0 Å². The zero-order chi connectivity index (χ0) is 20.3. The first-order valence-corrected chi connectivity index (χ1v) is 10.7.